The molecule has 3 aliphatic rings. The minimum Gasteiger partial charge on any atom is -0.480 e. The molecule has 2 bridgehead atoms. The van der Waals surface area contributed by atoms with Gasteiger partial charge >= 0.3 is 5.97 Å². The van der Waals surface area contributed by atoms with E-state index in [1.807, 2.05) is 4.90 Å². The second-order valence-corrected chi connectivity index (χ2v) is 7.56. The molecule has 1 N–H and O–H groups in total. The topological polar surface area (TPSA) is 70.1 Å². The summed E-state index contributed by atoms with van der Waals surface area (Å²) in [5, 5.41) is 8.82. The molecule has 1 amide bonds. The number of carboxylic acids is 1. The van der Waals surface area contributed by atoms with Crippen LogP contribution in [0.1, 0.15) is 32.1 Å². The maximum Gasteiger partial charge on any atom is 0.317 e. The molecule has 4 unspecified atom stereocenters. The predicted octanol–water partition coefficient (Wildman–Crippen LogP) is 1.06. The highest BCUT2D eigenvalue weighted by Gasteiger charge is 2.41. The van der Waals surface area contributed by atoms with Gasteiger partial charge in [-0.3, -0.25) is 14.5 Å². The first-order valence-electron chi connectivity index (χ1n) is 8.81. The number of carbonyl (C=O) groups is 2. The summed E-state index contributed by atoms with van der Waals surface area (Å²) in [6.45, 7) is 2.35. The van der Waals surface area contributed by atoms with E-state index in [9.17, 15) is 9.59 Å². The van der Waals surface area contributed by atoms with Gasteiger partial charge < -0.3 is 14.7 Å². The van der Waals surface area contributed by atoms with Crippen LogP contribution in [0.2, 0.25) is 0 Å². The molecule has 0 radical (unpaired) electrons. The number of hydrogen-bond donors (Lipinski definition) is 1. The molecule has 0 aromatic carbocycles. The molecule has 3 fully saturated rings. The highest BCUT2D eigenvalue weighted by molar-refractivity contribution is 5.76. The minimum atomic E-state index is -0.840. The zero-order valence-corrected chi connectivity index (χ0v) is 13.9. The van der Waals surface area contributed by atoms with Crippen molar-refractivity contribution in [2.75, 3.05) is 39.8 Å². The molecular weight excluding hydrogens is 296 g/mol. The molecule has 130 valence electrons. The number of fused-ring (bicyclic) bond motifs is 2. The van der Waals surface area contributed by atoms with Crippen molar-refractivity contribution < 1.29 is 19.4 Å². The Balaban J connectivity index is 1.46. The number of hydrogen-bond acceptors (Lipinski definition) is 4. The number of likely N-dealkylation sites (N-methyl/N-ethyl adjacent to an activating group) is 1. The van der Waals surface area contributed by atoms with Gasteiger partial charge in [-0.05, 0) is 44.1 Å². The standard InChI is InChI=1S/C17H28N2O4/c1-18(11-17(21)22)9-15-10-19(4-5-23-15)16(20)8-14-7-12-2-3-13(14)6-12/h12-15H,2-11H2,1H3,(H,21,22). The Kier molecular flexibility index (Phi) is 5.21. The van der Waals surface area contributed by atoms with E-state index in [2.05, 4.69) is 0 Å². The van der Waals surface area contributed by atoms with E-state index in [0.29, 0.717) is 38.6 Å². The first-order chi connectivity index (χ1) is 11.0. The summed E-state index contributed by atoms with van der Waals surface area (Å²) >= 11 is 0. The maximum absolute atomic E-state index is 12.6. The Labute approximate surface area is 137 Å². The fraction of sp³-hybridized carbons (Fsp3) is 0.882. The van der Waals surface area contributed by atoms with Gasteiger partial charge in [0.2, 0.25) is 5.91 Å². The third-order valence-corrected chi connectivity index (χ3v) is 5.73. The zero-order chi connectivity index (χ0) is 16.4. The molecule has 4 atom stereocenters. The van der Waals surface area contributed by atoms with Gasteiger partial charge in [-0.2, -0.15) is 0 Å². The molecule has 1 saturated heterocycles. The third kappa shape index (κ3) is 4.23. The zero-order valence-electron chi connectivity index (χ0n) is 13.9. The lowest BCUT2D eigenvalue weighted by Crippen LogP contribution is -2.50. The van der Waals surface area contributed by atoms with Gasteiger partial charge in [0.25, 0.3) is 0 Å². The van der Waals surface area contributed by atoms with Gasteiger partial charge in [0.05, 0.1) is 19.3 Å². The van der Waals surface area contributed by atoms with Crippen LogP contribution in [0.25, 0.3) is 0 Å². The van der Waals surface area contributed by atoms with Crippen LogP contribution in [-0.4, -0.2) is 72.7 Å². The average molecular weight is 324 g/mol. The first kappa shape index (κ1) is 16.7. The van der Waals surface area contributed by atoms with Crippen LogP contribution in [0.4, 0.5) is 0 Å². The summed E-state index contributed by atoms with van der Waals surface area (Å²) in [7, 11) is 1.77. The van der Waals surface area contributed by atoms with E-state index in [1.165, 1.54) is 25.7 Å². The summed E-state index contributed by atoms with van der Waals surface area (Å²) in [5.74, 6) is 1.67. The monoisotopic (exact) mass is 324 g/mol. The van der Waals surface area contributed by atoms with Crippen LogP contribution >= 0.6 is 0 Å². The van der Waals surface area contributed by atoms with Crippen LogP contribution in [0, 0.1) is 17.8 Å². The van der Waals surface area contributed by atoms with Crippen LogP contribution in [0.15, 0.2) is 0 Å². The Morgan fingerprint density at radius 1 is 1.30 bits per heavy atom. The Hall–Kier alpha value is -1.14. The summed E-state index contributed by atoms with van der Waals surface area (Å²) in [6, 6.07) is 0. The summed E-state index contributed by atoms with van der Waals surface area (Å²) in [6.07, 6.45) is 5.87. The van der Waals surface area contributed by atoms with E-state index in [0.717, 1.165) is 11.8 Å². The molecule has 0 spiro atoms. The molecule has 1 aliphatic heterocycles. The number of nitrogens with zero attached hydrogens (tertiary/aromatic N) is 2. The lowest BCUT2D eigenvalue weighted by atomic mass is 9.86. The molecule has 6 heteroatoms. The van der Waals surface area contributed by atoms with Gasteiger partial charge in [0.1, 0.15) is 0 Å². The van der Waals surface area contributed by atoms with Crippen LogP contribution in [0.5, 0.6) is 0 Å². The van der Waals surface area contributed by atoms with Gasteiger partial charge in [-0.1, -0.05) is 6.42 Å². The fourth-order valence-electron chi connectivity index (χ4n) is 4.68. The lowest BCUT2D eigenvalue weighted by Gasteiger charge is -2.35. The largest absolute Gasteiger partial charge is 0.480 e. The van der Waals surface area contributed by atoms with Crippen molar-refractivity contribution in [2.24, 2.45) is 17.8 Å². The number of carboxylic acid groups (broad SMARTS) is 1. The van der Waals surface area contributed by atoms with E-state index in [1.54, 1.807) is 11.9 Å². The number of morpholine rings is 1. The smallest absolute Gasteiger partial charge is 0.317 e. The number of rotatable bonds is 6. The lowest BCUT2D eigenvalue weighted by molar-refractivity contribution is -0.143. The number of aliphatic carboxylic acids is 1. The second-order valence-electron chi connectivity index (χ2n) is 7.56. The molecule has 1 heterocycles. The number of ether oxygens (including phenoxy) is 1. The van der Waals surface area contributed by atoms with Gasteiger partial charge in [-0.15, -0.1) is 0 Å². The van der Waals surface area contributed by atoms with Crippen molar-refractivity contribution >= 4 is 11.9 Å². The number of amides is 1. The fourth-order valence-corrected chi connectivity index (χ4v) is 4.68. The highest BCUT2D eigenvalue weighted by Crippen LogP contribution is 2.49. The Bertz CT molecular complexity index is 456. The van der Waals surface area contributed by atoms with Crippen molar-refractivity contribution in [3.63, 3.8) is 0 Å². The molecule has 23 heavy (non-hydrogen) atoms. The average Bonchev–Trinajstić information content (AvgIpc) is 3.09. The third-order valence-electron chi connectivity index (χ3n) is 5.73. The molecule has 0 aromatic heterocycles. The molecule has 3 rings (SSSR count). The Morgan fingerprint density at radius 2 is 2.13 bits per heavy atom. The quantitative estimate of drug-likeness (QED) is 0.791. The van der Waals surface area contributed by atoms with Crippen molar-refractivity contribution in [2.45, 2.75) is 38.2 Å². The van der Waals surface area contributed by atoms with Crippen molar-refractivity contribution in [3.05, 3.63) is 0 Å². The highest BCUT2D eigenvalue weighted by atomic mass is 16.5. The van der Waals surface area contributed by atoms with Crippen LogP contribution < -0.4 is 0 Å². The van der Waals surface area contributed by atoms with Crippen LogP contribution in [-0.2, 0) is 14.3 Å². The minimum absolute atomic E-state index is 0.00104. The van der Waals surface area contributed by atoms with E-state index in [4.69, 9.17) is 9.84 Å². The molecule has 2 aliphatic carbocycles. The van der Waals surface area contributed by atoms with Gasteiger partial charge in [0, 0.05) is 26.1 Å². The predicted molar refractivity (Wildman–Crippen MR) is 85.0 cm³/mol. The number of carbonyl (C=O) groups excluding carboxylic acids is 1. The second kappa shape index (κ2) is 7.18. The molecule has 2 saturated carbocycles. The Morgan fingerprint density at radius 3 is 2.78 bits per heavy atom. The summed E-state index contributed by atoms with van der Waals surface area (Å²) in [5.41, 5.74) is 0. The van der Waals surface area contributed by atoms with Gasteiger partial charge in [-0.25, -0.2) is 0 Å². The summed E-state index contributed by atoms with van der Waals surface area (Å²) < 4.78 is 5.70. The van der Waals surface area contributed by atoms with Crippen molar-refractivity contribution in [1.82, 2.24) is 9.80 Å². The molecule has 0 aromatic rings. The van der Waals surface area contributed by atoms with Gasteiger partial charge in [0.15, 0.2) is 0 Å². The normalized spacial score (nSPS) is 33.4. The summed E-state index contributed by atoms with van der Waals surface area (Å²) in [4.78, 5) is 27.0. The van der Waals surface area contributed by atoms with E-state index in [-0.39, 0.29) is 18.6 Å². The molecule has 6 nitrogen and oxygen atoms in total. The maximum atomic E-state index is 12.6. The van der Waals surface area contributed by atoms with Crippen molar-refractivity contribution in [3.8, 4) is 0 Å². The van der Waals surface area contributed by atoms with E-state index >= 15 is 0 Å². The van der Waals surface area contributed by atoms with E-state index < -0.39 is 5.97 Å². The first-order valence-corrected chi connectivity index (χ1v) is 8.81. The van der Waals surface area contributed by atoms with Crippen molar-refractivity contribution in [1.29, 1.82) is 0 Å². The SMILES string of the molecule is CN(CC(=O)O)CC1CN(C(=O)CC2CC3CCC2C3)CCO1. The molecular formula is C17H28N2O4. The van der Waals surface area contributed by atoms with Crippen LogP contribution in [0.3, 0.4) is 0 Å².